The number of carbonyl (C=O) groups excluding carboxylic acids is 2. The Bertz CT molecular complexity index is 1560. The Hall–Kier alpha value is -4.28. The number of rotatable bonds is 8. The van der Waals surface area contributed by atoms with Gasteiger partial charge in [-0.3, -0.25) is 24.3 Å². The van der Waals surface area contributed by atoms with Crippen molar-refractivity contribution in [2.75, 3.05) is 16.3 Å². The maximum Gasteiger partial charge on any atom is 0.256 e. The number of nitrogens with one attached hydrogen (secondary N) is 3. The number of nitrogens with zero attached hydrogens (tertiary/aromatic N) is 2. The van der Waals surface area contributed by atoms with Crippen LogP contribution in [0.5, 0.6) is 0 Å². The lowest BCUT2D eigenvalue weighted by molar-refractivity contribution is -0.121. The molecule has 1 unspecified atom stereocenters. The summed E-state index contributed by atoms with van der Waals surface area (Å²) in [5.74, 6) is -0.253. The summed E-state index contributed by atoms with van der Waals surface area (Å²) in [6.45, 7) is 0.712. The molecule has 1 atom stereocenters. The first-order valence-electron chi connectivity index (χ1n) is 11.6. The topological polar surface area (TPSA) is 122 Å². The third-order valence-corrected chi connectivity index (χ3v) is 6.68. The Balaban J connectivity index is 1.32. The highest BCUT2D eigenvalue weighted by Gasteiger charge is 2.28. The van der Waals surface area contributed by atoms with Crippen molar-refractivity contribution >= 4 is 33.1 Å². The fourth-order valence-electron chi connectivity index (χ4n) is 4.44. The molecule has 3 aromatic carbocycles. The molecule has 37 heavy (non-hydrogen) atoms. The molecule has 3 N–H and O–H groups in total. The number of Topliss-reactive ketones (excluding diaryl/α,β-unsaturated/α-hetero) is 1. The molecule has 5 rings (SSSR count). The maximum absolute atomic E-state index is 13.2. The number of amides is 1. The van der Waals surface area contributed by atoms with E-state index in [0.29, 0.717) is 23.5 Å². The summed E-state index contributed by atoms with van der Waals surface area (Å²) in [5.41, 5.74) is 4.92. The van der Waals surface area contributed by atoms with Crippen molar-refractivity contribution in [3.05, 3.63) is 102 Å². The van der Waals surface area contributed by atoms with Gasteiger partial charge >= 0.3 is 0 Å². The minimum Gasteiger partial charge on any atom is -0.322 e. The van der Waals surface area contributed by atoms with Crippen LogP contribution in [0.1, 0.15) is 27.5 Å². The lowest BCUT2D eigenvalue weighted by Crippen LogP contribution is -2.25. The first-order valence-corrected chi connectivity index (χ1v) is 13.5. The van der Waals surface area contributed by atoms with Gasteiger partial charge in [0.2, 0.25) is 10.0 Å². The Kier molecular flexibility index (Phi) is 6.60. The molecule has 0 spiro atoms. The van der Waals surface area contributed by atoms with Gasteiger partial charge in [0.15, 0.2) is 5.78 Å². The molecule has 0 saturated heterocycles. The van der Waals surface area contributed by atoms with E-state index < -0.39 is 16.1 Å². The molecule has 0 fully saturated rings. The lowest BCUT2D eigenvalue weighted by atomic mass is 9.98. The van der Waals surface area contributed by atoms with Gasteiger partial charge in [-0.15, -0.1) is 0 Å². The van der Waals surface area contributed by atoms with E-state index in [1.807, 2.05) is 24.3 Å². The molecule has 10 heteroatoms. The summed E-state index contributed by atoms with van der Waals surface area (Å²) in [6.07, 6.45) is 4.49. The van der Waals surface area contributed by atoms with E-state index in [0.717, 1.165) is 28.5 Å². The molecule has 9 nitrogen and oxygen atoms in total. The quantitative estimate of drug-likeness (QED) is 0.330. The van der Waals surface area contributed by atoms with Crippen LogP contribution >= 0.6 is 0 Å². The van der Waals surface area contributed by atoms with E-state index in [1.54, 1.807) is 65.6 Å². The minimum atomic E-state index is -3.38. The fourth-order valence-corrected chi connectivity index (χ4v) is 5.00. The van der Waals surface area contributed by atoms with Crippen LogP contribution in [0.15, 0.2) is 85.2 Å². The van der Waals surface area contributed by atoms with Crippen LogP contribution in [0, 0.1) is 0 Å². The van der Waals surface area contributed by atoms with Gasteiger partial charge < -0.3 is 5.32 Å². The van der Waals surface area contributed by atoms with Gasteiger partial charge in [-0.2, -0.15) is 5.10 Å². The second-order valence-corrected chi connectivity index (χ2v) is 10.6. The van der Waals surface area contributed by atoms with Crippen LogP contribution in [0.2, 0.25) is 0 Å². The lowest BCUT2D eigenvalue weighted by Gasteiger charge is -2.13. The first-order chi connectivity index (χ1) is 17.8. The van der Waals surface area contributed by atoms with Crippen molar-refractivity contribution in [1.29, 1.82) is 0 Å². The molecule has 2 heterocycles. The number of benzene rings is 3. The number of sulfonamides is 1. The molecule has 1 aliphatic heterocycles. The third kappa shape index (κ3) is 5.60. The number of anilines is 2. The smallest absolute Gasteiger partial charge is 0.256 e. The van der Waals surface area contributed by atoms with Crippen molar-refractivity contribution in [3.8, 4) is 11.1 Å². The number of ketones is 1. The fraction of sp³-hybridized carbons (Fsp3) is 0.148. The summed E-state index contributed by atoms with van der Waals surface area (Å²) in [4.78, 5) is 26.0. The van der Waals surface area contributed by atoms with Gasteiger partial charge in [-0.1, -0.05) is 36.4 Å². The number of carbonyl (C=O) groups is 2. The van der Waals surface area contributed by atoms with Crippen LogP contribution in [0.4, 0.5) is 11.4 Å². The van der Waals surface area contributed by atoms with Gasteiger partial charge in [0.05, 0.1) is 12.3 Å². The van der Waals surface area contributed by atoms with Crippen molar-refractivity contribution in [3.63, 3.8) is 0 Å². The number of hydrogen-bond donors (Lipinski definition) is 3. The van der Waals surface area contributed by atoms with Crippen LogP contribution in [0.25, 0.3) is 11.1 Å². The van der Waals surface area contributed by atoms with Gasteiger partial charge in [0.25, 0.3) is 5.91 Å². The zero-order valence-corrected chi connectivity index (χ0v) is 20.8. The second kappa shape index (κ2) is 10.00. The van der Waals surface area contributed by atoms with Crippen molar-refractivity contribution in [2.45, 2.75) is 19.1 Å². The SMILES string of the molecule is CS(=O)(=O)Nc1ccc(-c2ccccc2C(=O)Nc2ccc3c(c2)CNC3C(=O)Cn2cccn2)cc1. The average Bonchev–Trinajstić information content (AvgIpc) is 3.53. The van der Waals surface area contributed by atoms with Gasteiger partial charge in [-0.05, 0) is 58.7 Å². The predicted molar refractivity (Wildman–Crippen MR) is 142 cm³/mol. The molecular formula is C27H25N5O4S. The number of aromatic nitrogens is 2. The summed E-state index contributed by atoms with van der Waals surface area (Å²) >= 11 is 0. The average molecular weight is 516 g/mol. The summed E-state index contributed by atoms with van der Waals surface area (Å²) in [6, 6.07) is 21.0. The molecule has 0 radical (unpaired) electrons. The van der Waals surface area contributed by atoms with Crippen LogP contribution in [0.3, 0.4) is 0 Å². The molecule has 0 aliphatic carbocycles. The Morgan fingerprint density at radius 2 is 1.78 bits per heavy atom. The van der Waals surface area contributed by atoms with E-state index in [2.05, 4.69) is 20.5 Å². The van der Waals surface area contributed by atoms with Crippen LogP contribution in [-0.2, 0) is 27.9 Å². The maximum atomic E-state index is 13.2. The third-order valence-electron chi connectivity index (χ3n) is 6.08. The normalized spacial score (nSPS) is 14.7. The molecule has 1 aromatic heterocycles. The van der Waals surface area contributed by atoms with Crippen LogP contribution in [-0.4, -0.2) is 36.1 Å². The zero-order chi connectivity index (χ0) is 26.0. The predicted octanol–water partition coefficient (Wildman–Crippen LogP) is 3.59. The standard InChI is InChI=1S/C27H25N5O4S/c1-37(35,36)31-20-9-7-18(8-10-20)22-5-2-3-6-24(22)27(34)30-21-11-12-23-19(15-21)16-28-26(23)25(33)17-32-14-4-13-29-32/h2-15,26,28,31H,16-17H2,1H3,(H,30,34). The Morgan fingerprint density at radius 1 is 1.03 bits per heavy atom. The molecule has 1 aliphatic rings. The highest BCUT2D eigenvalue weighted by Crippen LogP contribution is 2.30. The van der Waals surface area contributed by atoms with Gasteiger partial charge in [0.1, 0.15) is 6.54 Å². The highest BCUT2D eigenvalue weighted by atomic mass is 32.2. The molecule has 0 saturated carbocycles. The monoisotopic (exact) mass is 515 g/mol. The van der Waals surface area contributed by atoms with Crippen molar-refractivity contribution in [1.82, 2.24) is 15.1 Å². The number of fused-ring (bicyclic) bond motifs is 1. The molecule has 0 bridgehead atoms. The largest absolute Gasteiger partial charge is 0.322 e. The second-order valence-electron chi connectivity index (χ2n) is 8.85. The van der Waals surface area contributed by atoms with E-state index in [4.69, 9.17) is 0 Å². The van der Waals surface area contributed by atoms with Crippen LogP contribution < -0.4 is 15.4 Å². The number of hydrogen-bond acceptors (Lipinski definition) is 6. The first kappa shape index (κ1) is 24.4. The van der Waals surface area contributed by atoms with E-state index >= 15 is 0 Å². The van der Waals surface area contributed by atoms with Gasteiger partial charge in [-0.25, -0.2) is 8.42 Å². The summed E-state index contributed by atoms with van der Waals surface area (Å²) in [7, 11) is -3.38. The van der Waals surface area contributed by atoms with Crippen molar-refractivity contribution in [2.24, 2.45) is 0 Å². The summed E-state index contributed by atoms with van der Waals surface area (Å²) in [5, 5.41) is 10.3. The van der Waals surface area contributed by atoms with E-state index in [9.17, 15) is 18.0 Å². The Morgan fingerprint density at radius 3 is 2.51 bits per heavy atom. The Labute approximate surface area is 214 Å². The minimum absolute atomic E-state index is 0.0194. The molecule has 4 aromatic rings. The van der Waals surface area contributed by atoms with E-state index in [-0.39, 0.29) is 18.2 Å². The zero-order valence-electron chi connectivity index (χ0n) is 20.0. The molecular weight excluding hydrogens is 490 g/mol. The molecule has 1 amide bonds. The van der Waals surface area contributed by atoms with Gasteiger partial charge in [0, 0.05) is 35.9 Å². The van der Waals surface area contributed by atoms with E-state index in [1.165, 1.54) is 0 Å². The van der Waals surface area contributed by atoms with Crippen molar-refractivity contribution < 1.29 is 18.0 Å². The summed E-state index contributed by atoms with van der Waals surface area (Å²) < 4.78 is 27.0. The highest BCUT2D eigenvalue weighted by molar-refractivity contribution is 7.92. The molecule has 188 valence electrons.